The molecule has 0 unspecified atom stereocenters. The van der Waals surface area contributed by atoms with E-state index in [2.05, 4.69) is 37.2 Å². The summed E-state index contributed by atoms with van der Waals surface area (Å²) in [7, 11) is 1.85. The van der Waals surface area contributed by atoms with Gasteiger partial charge in [-0.1, -0.05) is 13.3 Å². The molecule has 3 rings (SSSR count). The van der Waals surface area contributed by atoms with Crippen LogP contribution < -0.4 is 10.6 Å². The number of carbonyl (C=O) groups is 1. The van der Waals surface area contributed by atoms with Crippen molar-refractivity contribution in [3.05, 3.63) is 0 Å². The summed E-state index contributed by atoms with van der Waals surface area (Å²) in [5.74, 6) is 1.66. The zero-order valence-electron chi connectivity index (χ0n) is 18.0. The van der Waals surface area contributed by atoms with Crippen molar-refractivity contribution in [2.45, 2.75) is 51.5 Å². The molecule has 160 valence electrons. The highest BCUT2D eigenvalue weighted by Crippen LogP contribution is 2.28. The maximum atomic E-state index is 12.3. The van der Waals surface area contributed by atoms with Gasteiger partial charge in [0.1, 0.15) is 0 Å². The summed E-state index contributed by atoms with van der Waals surface area (Å²) in [6.45, 7) is 11.5. The van der Waals surface area contributed by atoms with Crippen molar-refractivity contribution in [3.8, 4) is 0 Å². The van der Waals surface area contributed by atoms with Crippen molar-refractivity contribution < 1.29 is 4.79 Å². The van der Waals surface area contributed by atoms with Crippen LogP contribution in [0.2, 0.25) is 0 Å². The van der Waals surface area contributed by atoms with Crippen molar-refractivity contribution in [1.29, 1.82) is 0 Å². The Kier molecular flexibility index (Phi) is 8.40. The van der Waals surface area contributed by atoms with Gasteiger partial charge in [-0.25, -0.2) is 0 Å². The van der Waals surface area contributed by atoms with E-state index in [1.165, 1.54) is 45.3 Å². The topological polar surface area (TPSA) is 63.2 Å². The fraction of sp³-hybridized carbons (Fsp3) is 0.905. The number of aliphatic imine (C=N–C) groups is 1. The molecular weight excluding hydrogens is 352 g/mol. The average Bonchev–Trinajstić information content (AvgIpc) is 2.68. The van der Waals surface area contributed by atoms with Gasteiger partial charge in [0, 0.05) is 71.4 Å². The Balaban J connectivity index is 1.28. The van der Waals surface area contributed by atoms with Gasteiger partial charge in [-0.05, 0) is 38.6 Å². The normalized spacial score (nSPS) is 23.5. The molecule has 1 amide bonds. The Labute approximate surface area is 170 Å². The van der Waals surface area contributed by atoms with Crippen LogP contribution in [-0.2, 0) is 4.79 Å². The number of likely N-dealkylation sites (tertiary alicyclic amines) is 1. The van der Waals surface area contributed by atoms with Gasteiger partial charge in [0.05, 0.1) is 0 Å². The molecule has 2 heterocycles. The van der Waals surface area contributed by atoms with E-state index in [1.807, 2.05) is 7.05 Å². The van der Waals surface area contributed by atoms with E-state index >= 15 is 0 Å². The largest absolute Gasteiger partial charge is 0.355 e. The molecule has 7 nitrogen and oxygen atoms in total. The smallest absolute Gasteiger partial charge is 0.225 e. The Morgan fingerprint density at radius 2 is 1.64 bits per heavy atom. The summed E-state index contributed by atoms with van der Waals surface area (Å²) in [6, 6.07) is 0.528. The molecule has 0 aromatic carbocycles. The van der Waals surface area contributed by atoms with E-state index in [9.17, 15) is 4.79 Å². The number of piperidine rings is 1. The zero-order valence-corrected chi connectivity index (χ0v) is 18.0. The minimum absolute atomic E-state index is 0.330. The summed E-state index contributed by atoms with van der Waals surface area (Å²) in [4.78, 5) is 23.8. The van der Waals surface area contributed by atoms with E-state index in [1.54, 1.807) is 0 Å². The van der Waals surface area contributed by atoms with Gasteiger partial charge >= 0.3 is 0 Å². The van der Waals surface area contributed by atoms with Gasteiger partial charge in [0.2, 0.25) is 5.91 Å². The fourth-order valence-electron chi connectivity index (χ4n) is 4.44. The molecular formula is C21H40N6O. The molecule has 0 aromatic heterocycles. The number of guanidine groups is 1. The molecule has 7 heteroatoms. The quantitative estimate of drug-likeness (QED) is 0.499. The molecule has 0 atom stereocenters. The molecule has 1 aliphatic carbocycles. The second-order valence-electron chi connectivity index (χ2n) is 8.55. The molecule has 2 N–H and O–H groups in total. The van der Waals surface area contributed by atoms with E-state index in [0.29, 0.717) is 17.9 Å². The summed E-state index contributed by atoms with van der Waals surface area (Å²) in [5.41, 5.74) is 0. The number of hydrogen-bond acceptors (Lipinski definition) is 4. The van der Waals surface area contributed by atoms with Crippen LogP contribution in [0.3, 0.4) is 0 Å². The van der Waals surface area contributed by atoms with Gasteiger partial charge < -0.3 is 20.4 Å². The third kappa shape index (κ3) is 6.08. The number of piperazine rings is 1. The fourth-order valence-corrected chi connectivity index (χ4v) is 4.44. The summed E-state index contributed by atoms with van der Waals surface area (Å²) in [5, 5.41) is 7.07. The molecule has 3 aliphatic rings. The first-order valence-electron chi connectivity index (χ1n) is 11.4. The van der Waals surface area contributed by atoms with Crippen molar-refractivity contribution in [3.63, 3.8) is 0 Å². The monoisotopic (exact) mass is 392 g/mol. The van der Waals surface area contributed by atoms with Crippen LogP contribution in [0.5, 0.6) is 0 Å². The highest BCUT2D eigenvalue weighted by Gasteiger charge is 2.31. The molecule has 2 aliphatic heterocycles. The van der Waals surface area contributed by atoms with E-state index in [4.69, 9.17) is 0 Å². The molecule has 3 fully saturated rings. The second kappa shape index (κ2) is 11.0. The van der Waals surface area contributed by atoms with Crippen LogP contribution >= 0.6 is 0 Å². The number of nitrogens with one attached hydrogen (secondary N) is 2. The van der Waals surface area contributed by atoms with Gasteiger partial charge in [-0.3, -0.25) is 14.7 Å². The molecule has 0 radical (unpaired) electrons. The van der Waals surface area contributed by atoms with Crippen LogP contribution in [0, 0.1) is 5.92 Å². The minimum Gasteiger partial charge on any atom is -0.355 e. The second-order valence-corrected chi connectivity index (χ2v) is 8.55. The first-order valence-corrected chi connectivity index (χ1v) is 11.4. The standard InChI is InChI=1S/C21H40N6O/c1-3-10-25-11-7-19(8-12-25)24-21(22-2)23-9-13-26-14-16-27(17-15-26)20(28)18-5-4-6-18/h18-19H,3-17H2,1-2H3,(H2,22,23,24). The van der Waals surface area contributed by atoms with Crippen molar-refractivity contribution in [1.82, 2.24) is 25.3 Å². The number of amides is 1. The lowest BCUT2D eigenvalue weighted by Crippen LogP contribution is -2.53. The highest BCUT2D eigenvalue weighted by atomic mass is 16.2. The zero-order chi connectivity index (χ0) is 19.8. The lowest BCUT2D eigenvalue weighted by molar-refractivity contribution is -0.139. The Bertz CT molecular complexity index is 505. The van der Waals surface area contributed by atoms with Crippen LogP contribution in [0.1, 0.15) is 45.4 Å². The molecule has 0 aromatic rings. The first kappa shape index (κ1) is 21.4. The maximum absolute atomic E-state index is 12.3. The van der Waals surface area contributed by atoms with Crippen molar-refractivity contribution in [2.24, 2.45) is 10.9 Å². The van der Waals surface area contributed by atoms with Gasteiger partial charge in [0.25, 0.3) is 0 Å². The molecule has 0 bridgehead atoms. The average molecular weight is 393 g/mol. The van der Waals surface area contributed by atoms with Gasteiger partial charge in [-0.2, -0.15) is 0 Å². The summed E-state index contributed by atoms with van der Waals surface area (Å²) < 4.78 is 0. The number of carbonyl (C=O) groups excluding carboxylic acids is 1. The number of rotatable bonds is 7. The lowest BCUT2D eigenvalue weighted by Gasteiger charge is -2.38. The predicted octanol–water partition coefficient (Wildman–Crippen LogP) is 0.970. The Morgan fingerprint density at radius 1 is 0.964 bits per heavy atom. The predicted molar refractivity (Wildman–Crippen MR) is 115 cm³/mol. The van der Waals surface area contributed by atoms with Crippen LogP contribution in [0.15, 0.2) is 4.99 Å². The van der Waals surface area contributed by atoms with E-state index in [0.717, 1.165) is 58.1 Å². The number of hydrogen-bond donors (Lipinski definition) is 2. The molecule has 28 heavy (non-hydrogen) atoms. The third-order valence-electron chi connectivity index (χ3n) is 6.55. The van der Waals surface area contributed by atoms with Gasteiger partial charge in [0.15, 0.2) is 5.96 Å². The first-order chi connectivity index (χ1) is 13.7. The van der Waals surface area contributed by atoms with Crippen molar-refractivity contribution in [2.75, 3.05) is 66.0 Å². The maximum Gasteiger partial charge on any atom is 0.225 e. The molecule has 0 spiro atoms. The molecule has 1 saturated carbocycles. The summed E-state index contributed by atoms with van der Waals surface area (Å²) in [6.07, 6.45) is 7.06. The third-order valence-corrected chi connectivity index (χ3v) is 6.55. The van der Waals surface area contributed by atoms with Gasteiger partial charge in [-0.15, -0.1) is 0 Å². The van der Waals surface area contributed by atoms with E-state index < -0.39 is 0 Å². The number of nitrogens with zero attached hydrogens (tertiary/aromatic N) is 4. The van der Waals surface area contributed by atoms with Crippen LogP contribution in [0.25, 0.3) is 0 Å². The lowest BCUT2D eigenvalue weighted by atomic mass is 9.84. The minimum atomic E-state index is 0.330. The summed E-state index contributed by atoms with van der Waals surface area (Å²) >= 11 is 0. The van der Waals surface area contributed by atoms with Crippen LogP contribution in [0.4, 0.5) is 0 Å². The van der Waals surface area contributed by atoms with Crippen LogP contribution in [-0.4, -0.2) is 98.6 Å². The Morgan fingerprint density at radius 3 is 2.21 bits per heavy atom. The molecule has 2 saturated heterocycles. The Hall–Kier alpha value is -1.34. The SMILES string of the molecule is CCCN1CCC(NC(=NC)NCCN2CCN(C(=O)C3CCC3)CC2)CC1. The van der Waals surface area contributed by atoms with E-state index in [-0.39, 0.29) is 0 Å². The van der Waals surface area contributed by atoms with Crippen molar-refractivity contribution >= 4 is 11.9 Å². The highest BCUT2D eigenvalue weighted by molar-refractivity contribution is 5.80.